The first-order valence-corrected chi connectivity index (χ1v) is 6.78. The van der Waals surface area contributed by atoms with E-state index in [4.69, 9.17) is 0 Å². The number of halogens is 1. The zero-order chi connectivity index (χ0) is 14.5. The molecule has 1 aliphatic heterocycles. The molecule has 1 unspecified atom stereocenters. The largest absolute Gasteiger partial charge is 0.480 e. The molecule has 116 valence electrons. The Morgan fingerprint density at radius 1 is 1.33 bits per heavy atom. The van der Waals surface area contributed by atoms with Crippen LogP contribution in [-0.2, 0) is 11.2 Å². The van der Waals surface area contributed by atoms with Gasteiger partial charge in [-0.2, -0.15) is 0 Å². The fraction of sp³-hybridized carbons (Fsp3) is 0.500. The summed E-state index contributed by atoms with van der Waals surface area (Å²) in [5.41, 5.74) is 1.07. The van der Waals surface area contributed by atoms with Crippen LogP contribution in [0.5, 0.6) is 0 Å². The van der Waals surface area contributed by atoms with Gasteiger partial charge < -0.3 is 5.11 Å². The number of carboxylic acids is 1. The van der Waals surface area contributed by atoms with Crippen molar-refractivity contribution in [1.82, 2.24) is 4.90 Å². The summed E-state index contributed by atoms with van der Waals surface area (Å²) in [6, 6.07) is 6.05. The van der Waals surface area contributed by atoms with Crippen molar-refractivity contribution in [3.8, 4) is 0 Å². The second-order valence-electron chi connectivity index (χ2n) is 5.06. The van der Waals surface area contributed by atoms with Gasteiger partial charge in [0.05, 0.1) is 4.92 Å². The smallest absolute Gasteiger partial charge is 0.320 e. The zero-order valence-corrected chi connectivity index (χ0v) is 12.4. The highest BCUT2D eigenvalue weighted by Crippen LogP contribution is 2.18. The van der Waals surface area contributed by atoms with Crippen molar-refractivity contribution in [2.75, 3.05) is 13.1 Å². The lowest BCUT2D eigenvalue weighted by molar-refractivity contribution is -0.384. The van der Waals surface area contributed by atoms with E-state index >= 15 is 0 Å². The molecule has 6 nitrogen and oxygen atoms in total. The molecule has 1 aromatic rings. The maximum absolute atomic E-state index is 11.2. The molecule has 1 heterocycles. The molecule has 1 aliphatic rings. The molecular weight excluding hydrogens is 296 g/mol. The normalized spacial score (nSPS) is 18.8. The zero-order valence-electron chi connectivity index (χ0n) is 11.6. The van der Waals surface area contributed by atoms with Gasteiger partial charge >= 0.3 is 5.97 Å². The Balaban J connectivity index is 0.00000220. The number of carbonyl (C=O) groups is 1. The number of likely N-dealkylation sites (tertiary alicyclic amines) is 1. The van der Waals surface area contributed by atoms with E-state index in [9.17, 15) is 20.0 Å². The summed E-state index contributed by atoms with van der Waals surface area (Å²) < 4.78 is 0. The third-order valence-electron chi connectivity index (χ3n) is 3.73. The van der Waals surface area contributed by atoms with E-state index in [-0.39, 0.29) is 24.1 Å². The van der Waals surface area contributed by atoms with Crippen LogP contribution >= 0.6 is 12.4 Å². The first-order chi connectivity index (χ1) is 9.58. The van der Waals surface area contributed by atoms with Crippen molar-refractivity contribution < 1.29 is 14.8 Å². The Hall–Kier alpha value is -1.66. The molecular formula is C14H19ClN2O4. The van der Waals surface area contributed by atoms with E-state index in [0.29, 0.717) is 19.4 Å². The highest BCUT2D eigenvalue weighted by molar-refractivity contribution is 5.85. The fourth-order valence-corrected chi connectivity index (χ4v) is 2.60. The number of hydrogen-bond donors (Lipinski definition) is 1. The number of rotatable bonds is 5. The number of carboxylic acid groups (broad SMARTS) is 1. The summed E-state index contributed by atoms with van der Waals surface area (Å²) in [5.74, 6) is -0.756. The number of nitro benzene ring substituents is 1. The summed E-state index contributed by atoms with van der Waals surface area (Å²) in [7, 11) is 0. The molecule has 1 aromatic carbocycles. The lowest BCUT2D eigenvalue weighted by Gasteiger charge is -2.32. The Labute approximate surface area is 129 Å². The summed E-state index contributed by atoms with van der Waals surface area (Å²) in [6.07, 6.45) is 3.41. The van der Waals surface area contributed by atoms with Crippen LogP contribution in [0.25, 0.3) is 0 Å². The standard InChI is InChI=1S/C14H18N2O4.ClH/c17-14(18)13-3-1-2-9-15(13)10-8-11-4-6-12(7-5-11)16(19)20;/h4-7,13H,1-3,8-10H2,(H,17,18);1H. The molecule has 0 spiro atoms. The molecule has 0 radical (unpaired) electrons. The number of hydrogen-bond acceptors (Lipinski definition) is 4. The number of non-ortho nitro benzene ring substituents is 1. The van der Waals surface area contributed by atoms with Crippen LogP contribution in [0.1, 0.15) is 24.8 Å². The van der Waals surface area contributed by atoms with Crippen LogP contribution in [-0.4, -0.2) is 40.0 Å². The van der Waals surface area contributed by atoms with Gasteiger partial charge in [0, 0.05) is 18.7 Å². The summed E-state index contributed by atoms with van der Waals surface area (Å²) in [6.45, 7) is 1.48. The van der Waals surface area contributed by atoms with Gasteiger partial charge in [0.15, 0.2) is 0 Å². The number of benzene rings is 1. The van der Waals surface area contributed by atoms with Gasteiger partial charge in [0.2, 0.25) is 0 Å². The maximum atomic E-state index is 11.2. The minimum Gasteiger partial charge on any atom is -0.480 e. The van der Waals surface area contributed by atoms with Crippen molar-refractivity contribution in [3.05, 3.63) is 39.9 Å². The van der Waals surface area contributed by atoms with Gasteiger partial charge in [0.1, 0.15) is 6.04 Å². The van der Waals surface area contributed by atoms with Crippen LogP contribution < -0.4 is 0 Å². The monoisotopic (exact) mass is 314 g/mol. The van der Waals surface area contributed by atoms with Crippen LogP contribution in [0, 0.1) is 10.1 Å². The molecule has 0 saturated carbocycles. The Morgan fingerprint density at radius 3 is 2.57 bits per heavy atom. The minimum absolute atomic E-state index is 0. The molecule has 0 aliphatic carbocycles. The summed E-state index contributed by atoms with van der Waals surface area (Å²) >= 11 is 0. The molecule has 0 bridgehead atoms. The molecule has 1 N–H and O–H groups in total. The van der Waals surface area contributed by atoms with Gasteiger partial charge in [-0.05, 0) is 31.4 Å². The minimum atomic E-state index is -0.756. The van der Waals surface area contributed by atoms with Crippen molar-refractivity contribution in [3.63, 3.8) is 0 Å². The second-order valence-corrected chi connectivity index (χ2v) is 5.06. The van der Waals surface area contributed by atoms with E-state index in [1.54, 1.807) is 12.1 Å². The predicted molar refractivity (Wildman–Crippen MR) is 80.9 cm³/mol. The number of piperidine rings is 1. The molecule has 0 amide bonds. The predicted octanol–water partition coefficient (Wildman–Crippen LogP) is 2.50. The van der Waals surface area contributed by atoms with Crippen LogP contribution in [0.2, 0.25) is 0 Å². The van der Waals surface area contributed by atoms with Crippen LogP contribution in [0.15, 0.2) is 24.3 Å². The van der Waals surface area contributed by atoms with Crippen molar-refractivity contribution in [1.29, 1.82) is 0 Å². The van der Waals surface area contributed by atoms with Gasteiger partial charge in [-0.15, -0.1) is 12.4 Å². The van der Waals surface area contributed by atoms with E-state index in [1.807, 2.05) is 4.90 Å². The number of nitrogens with zero attached hydrogens (tertiary/aromatic N) is 2. The van der Waals surface area contributed by atoms with E-state index in [2.05, 4.69) is 0 Å². The molecule has 1 saturated heterocycles. The van der Waals surface area contributed by atoms with Crippen molar-refractivity contribution in [2.24, 2.45) is 0 Å². The average Bonchev–Trinajstić information content (AvgIpc) is 2.45. The van der Waals surface area contributed by atoms with Gasteiger partial charge in [-0.1, -0.05) is 18.6 Å². The molecule has 1 fully saturated rings. The van der Waals surface area contributed by atoms with Crippen molar-refractivity contribution in [2.45, 2.75) is 31.7 Å². The van der Waals surface area contributed by atoms with Crippen LogP contribution in [0.4, 0.5) is 5.69 Å². The highest BCUT2D eigenvalue weighted by atomic mass is 35.5. The van der Waals surface area contributed by atoms with Crippen LogP contribution in [0.3, 0.4) is 0 Å². The highest BCUT2D eigenvalue weighted by Gasteiger charge is 2.27. The van der Waals surface area contributed by atoms with Gasteiger partial charge in [-0.25, -0.2) is 0 Å². The molecule has 7 heteroatoms. The lowest BCUT2D eigenvalue weighted by atomic mass is 10.0. The quantitative estimate of drug-likeness (QED) is 0.667. The van der Waals surface area contributed by atoms with Gasteiger partial charge in [0.25, 0.3) is 5.69 Å². The third-order valence-corrected chi connectivity index (χ3v) is 3.73. The Bertz CT molecular complexity index is 492. The molecule has 21 heavy (non-hydrogen) atoms. The molecule has 0 aromatic heterocycles. The Kier molecular flexibility index (Phi) is 6.58. The Morgan fingerprint density at radius 2 is 2.00 bits per heavy atom. The van der Waals surface area contributed by atoms with Crippen molar-refractivity contribution >= 4 is 24.1 Å². The summed E-state index contributed by atoms with van der Waals surface area (Å²) in [5, 5.41) is 19.8. The first kappa shape index (κ1) is 17.4. The lowest BCUT2D eigenvalue weighted by Crippen LogP contribution is -2.45. The topological polar surface area (TPSA) is 83.7 Å². The van der Waals surface area contributed by atoms with E-state index in [0.717, 1.165) is 24.9 Å². The fourth-order valence-electron chi connectivity index (χ4n) is 2.60. The summed E-state index contributed by atoms with van der Waals surface area (Å²) in [4.78, 5) is 23.3. The third kappa shape index (κ3) is 4.68. The number of nitro groups is 1. The first-order valence-electron chi connectivity index (χ1n) is 6.78. The maximum Gasteiger partial charge on any atom is 0.320 e. The second kappa shape index (κ2) is 7.95. The van der Waals surface area contributed by atoms with Gasteiger partial charge in [-0.3, -0.25) is 19.8 Å². The van der Waals surface area contributed by atoms with E-state index in [1.165, 1.54) is 12.1 Å². The molecule has 2 rings (SSSR count). The van der Waals surface area contributed by atoms with E-state index < -0.39 is 10.9 Å². The SMILES string of the molecule is Cl.O=C(O)C1CCCCN1CCc1ccc([N+](=O)[O-])cc1. The number of aliphatic carboxylic acids is 1. The molecule has 1 atom stereocenters. The average molecular weight is 315 g/mol.